The number of aromatic nitrogens is 4. The van der Waals surface area contributed by atoms with E-state index in [1.165, 1.54) is 0 Å². The van der Waals surface area contributed by atoms with E-state index < -0.39 is 23.1 Å². The molecule has 6 aromatic rings. The second-order valence-electron chi connectivity index (χ2n) is 13.6. The van der Waals surface area contributed by atoms with Crippen LogP contribution in [0.2, 0.25) is 0 Å². The number of esters is 2. The summed E-state index contributed by atoms with van der Waals surface area (Å²) in [5.74, 6) is -1.45. The largest absolute Gasteiger partial charge is 0.458 e. The summed E-state index contributed by atoms with van der Waals surface area (Å²) in [6.07, 6.45) is 0.0643. The maximum atomic E-state index is 14.2. The van der Waals surface area contributed by atoms with Crippen molar-refractivity contribution in [1.82, 2.24) is 19.1 Å². The summed E-state index contributed by atoms with van der Waals surface area (Å²) in [6, 6.07) is 23.1. The second kappa shape index (κ2) is 10.3. The quantitative estimate of drug-likeness (QED) is 0.230. The van der Waals surface area contributed by atoms with Gasteiger partial charge in [0.15, 0.2) is 11.2 Å². The average molecular weight is 679 g/mol. The number of para-hydroxylation sites is 2. The van der Waals surface area contributed by atoms with Crippen molar-refractivity contribution in [2.75, 3.05) is 0 Å². The van der Waals surface area contributed by atoms with Gasteiger partial charge >= 0.3 is 11.9 Å². The van der Waals surface area contributed by atoms with E-state index in [9.17, 15) is 19.2 Å². The monoisotopic (exact) mass is 678 g/mol. The van der Waals surface area contributed by atoms with E-state index in [2.05, 4.69) is 0 Å². The molecular weight excluding hydrogens is 648 g/mol. The van der Waals surface area contributed by atoms with Gasteiger partial charge in [0.25, 0.3) is 11.1 Å². The molecule has 11 heteroatoms. The Morgan fingerprint density at radius 1 is 0.647 bits per heavy atom. The van der Waals surface area contributed by atoms with Crippen molar-refractivity contribution in [1.29, 1.82) is 0 Å². The molecule has 2 aromatic carbocycles. The highest BCUT2D eigenvalue weighted by Crippen LogP contribution is 2.49. The van der Waals surface area contributed by atoms with E-state index in [1.807, 2.05) is 60.7 Å². The Balaban J connectivity index is 1.17. The number of carbonyl (C=O) groups is 2. The van der Waals surface area contributed by atoms with Gasteiger partial charge in [0.05, 0.1) is 58.0 Å². The van der Waals surface area contributed by atoms with Crippen LogP contribution in [0.25, 0.3) is 44.6 Å². The molecule has 0 bridgehead atoms. The Labute approximate surface area is 290 Å². The number of cyclic esters (lactones) is 2. The van der Waals surface area contributed by atoms with Crippen LogP contribution in [0, 0.1) is 0 Å². The van der Waals surface area contributed by atoms with E-state index in [0.29, 0.717) is 47.0 Å². The fraction of sp³-hybridized carbons (Fsp3) is 0.250. The minimum Gasteiger partial charge on any atom is -0.458 e. The van der Waals surface area contributed by atoms with Gasteiger partial charge in [-0.25, -0.2) is 19.6 Å². The van der Waals surface area contributed by atoms with Crippen molar-refractivity contribution in [3.63, 3.8) is 0 Å². The summed E-state index contributed by atoms with van der Waals surface area (Å²) in [5.41, 5.74) is 2.51. The predicted molar refractivity (Wildman–Crippen MR) is 186 cm³/mol. The van der Waals surface area contributed by atoms with E-state index in [0.717, 1.165) is 32.9 Å². The van der Waals surface area contributed by atoms with E-state index in [1.54, 1.807) is 35.1 Å². The molecule has 0 saturated carbocycles. The first-order valence-electron chi connectivity index (χ1n) is 17.1. The van der Waals surface area contributed by atoms with Crippen LogP contribution in [0.1, 0.15) is 60.1 Å². The summed E-state index contributed by atoms with van der Waals surface area (Å²) >= 11 is 0. The molecule has 4 aliphatic rings. The van der Waals surface area contributed by atoms with Gasteiger partial charge in [0.1, 0.15) is 13.2 Å². The molecule has 10 rings (SSSR count). The second-order valence-corrected chi connectivity index (χ2v) is 13.6. The molecule has 0 radical (unpaired) electrons. The molecule has 0 aliphatic carbocycles. The molecular formula is C40H30N4O7. The molecule has 4 aliphatic heterocycles. The highest BCUT2D eigenvalue weighted by atomic mass is 16.6. The highest BCUT2D eigenvalue weighted by molar-refractivity contribution is 5.90. The van der Waals surface area contributed by atoms with E-state index >= 15 is 0 Å². The number of pyridine rings is 4. The number of ether oxygens (including phenoxy) is 3. The third-order valence-corrected chi connectivity index (χ3v) is 11.1. The van der Waals surface area contributed by atoms with Crippen LogP contribution < -0.4 is 11.1 Å². The molecule has 51 heavy (non-hydrogen) atoms. The number of nitrogens with zero attached hydrogens (tertiary/aromatic N) is 4. The van der Waals surface area contributed by atoms with Gasteiger partial charge in [0, 0.05) is 33.0 Å². The van der Waals surface area contributed by atoms with Gasteiger partial charge < -0.3 is 23.3 Å². The van der Waals surface area contributed by atoms with Gasteiger partial charge in [-0.2, -0.15) is 0 Å². The number of rotatable bonds is 4. The zero-order valence-corrected chi connectivity index (χ0v) is 27.8. The Kier molecular flexibility index (Phi) is 6.04. The number of fused-ring (bicyclic) bond motifs is 10. The maximum Gasteiger partial charge on any atom is 0.343 e. The van der Waals surface area contributed by atoms with Crippen LogP contribution in [0.15, 0.2) is 82.4 Å². The molecule has 0 unspecified atom stereocenters. The van der Waals surface area contributed by atoms with Crippen molar-refractivity contribution < 1.29 is 23.8 Å². The van der Waals surface area contributed by atoms with Gasteiger partial charge in [0.2, 0.25) is 0 Å². The third kappa shape index (κ3) is 3.86. The van der Waals surface area contributed by atoms with Crippen molar-refractivity contribution in [2.24, 2.45) is 0 Å². The van der Waals surface area contributed by atoms with Crippen LogP contribution in [-0.4, -0.2) is 31.0 Å². The molecule has 2 atom stereocenters. The summed E-state index contributed by atoms with van der Waals surface area (Å²) in [4.78, 5) is 66.5. The zero-order valence-electron chi connectivity index (χ0n) is 27.8. The number of carbonyl (C=O) groups excluding carboxylic acids is 2. The smallest absolute Gasteiger partial charge is 0.343 e. The fourth-order valence-corrected chi connectivity index (χ4v) is 8.46. The lowest BCUT2D eigenvalue weighted by Crippen LogP contribution is -2.55. The lowest BCUT2D eigenvalue weighted by atomic mass is 9.81. The zero-order chi connectivity index (χ0) is 34.8. The molecule has 8 heterocycles. The van der Waals surface area contributed by atoms with Gasteiger partial charge in [-0.3, -0.25) is 9.59 Å². The Morgan fingerprint density at radius 3 is 1.51 bits per heavy atom. The first-order valence-corrected chi connectivity index (χ1v) is 17.1. The van der Waals surface area contributed by atoms with E-state index in [4.69, 9.17) is 24.2 Å². The number of benzene rings is 2. The number of hydrogen-bond donors (Lipinski definition) is 0. The lowest BCUT2D eigenvalue weighted by molar-refractivity contribution is -0.226. The minimum absolute atomic E-state index is 0.0321. The van der Waals surface area contributed by atoms with Crippen LogP contribution in [0.5, 0.6) is 0 Å². The van der Waals surface area contributed by atoms with Crippen molar-refractivity contribution in [3.8, 4) is 22.8 Å². The summed E-state index contributed by atoms with van der Waals surface area (Å²) in [5, 5.41) is 1.92. The lowest BCUT2D eigenvalue weighted by Gasteiger charge is -2.45. The van der Waals surface area contributed by atoms with Crippen molar-refractivity contribution >= 4 is 33.7 Å². The Bertz CT molecular complexity index is 2530. The first-order chi connectivity index (χ1) is 24.8. The summed E-state index contributed by atoms with van der Waals surface area (Å²) in [6.45, 7) is 3.66. The molecule has 0 spiro atoms. The Morgan fingerprint density at radius 2 is 1.08 bits per heavy atom. The average Bonchev–Trinajstić information content (AvgIpc) is 3.70. The number of hydrogen-bond acceptors (Lipinski definition) is 9. The Hall–Kier alpha value is -5.94. The topological polar surface area (TPSA) is 132 Å². The normalized spacial score (nSPS) is 21.0. The third-order valence-electron chi connectivity index (χ3n) is 11.1. The molecule has 4 aromatic heterocycles. The molecule has 0 amide bonds. The SMILES string of the molecule is CC[C@@]1(O[C@]2(CC)C(=O)OCc3c2cc2n(c3=O)Cc3cc4ccccc4nc3-2)C(=O)OCc2c1cc1n(c2=O)Cc2cc3ccccc3nc2-1. The first kappa shape index (κ1) is 29.9. The van der Waals surface area contributed by atoms with Gasteiger partial charge in [-0.05, 0) is 49.2 Å². The molecule has 0 saturated heterocycles. The molecule has 0 fully saturated rings. The summed E-state index contributed by atoms with van der Waals surface area (Å²) < 4.78 is 21.7. The fourth-order valence-electron chi connectivity index (χ4n) is 8.46. The summed E-state index contributed by atoms with van der Waals surface area (Å²) in [7, 11) is 0. The van der Waals surface area contributed by atoms with Crippen molar-refractivity contribution in [2.45, 2.75) is 64.2 Å². The van der Waals surface area contributed by atoms with Crippen LogP contribution in [0.3, 0.4) is 0 Å². The van der Waals surface area contributed by atoms with Crippen LogP contribution in [-0.2, 0) is 61.3 Å². The minimum atomic E-state index is -1.88. The van der Waals surface area contributed by atoms with Crippen LogP contribution in [0.4, 0.5) is 0 Å². The standard InChI is InChI=1S/C40H30N4O7/c1-3-39(27-15-31-33-23(13-21-9-5-7-11-29(21)41-33)17-43(31)35(45)25(27)19-49-37(39)47)51-40(4-2)28-16-32-34-24(14-22-10-6-8-12-30(22)42-34)18-44(32)36(46)26(28)20-50-38(40)48/h5-16H,3-4,17-20H2,1-2H3/t39-,40-/m0/s1. The van der Waals surface area contributed by atoms with Crippen LogP contribution >= 0.6 is 0 Å². The van der Waals surface area contributed by atoms with Gasteiger partial charge in [-0.15, -0.1) is 0 Å². The molecule has 11 nitrogen and oxygen atoms in total. The van der Waals surface area contributed by atoms with Gasteiger partial charge in [-0.1, -0.05) is 50.2 Å². The molecule has 0 N–H and O–H groups in total. The van der Waals surface area contributed by atoms with E-state index in [-0.39, 0.29) is 48.3 Å². The maximum absolute atomic E-state index is 14.2. The van der Waals surface area contributed by atoms with Crippen molar-refractivity contribution in [3.05, 3.63) is 127 Å². The predicted octanol–water partition coefficient (Wildman–Crippen LogP) is 5.20. The highest BCUT2D eigenvalue weighted by Gasteiger charge is 2.58. The molecule has 252 valence electrons.